The van der Waals surface area contributed by atoms with E-state index in [0.29, 0.717) is 12.5 Å². The van der Waals surface area contributed by atoms with Gasteiger partial charge in [-0.2, -0.15) is 0 Å². The van der Waals surface area contributed by atoms with Crippen LogP contribution in [0.1, 0.15) is 52.1 Å². The first-order valence-corrected chi connectivity index (χ1v) is 8.23. The molecule has 2 N–H and O–H groups in total. The second-order valence-electron chi connectivity index (χ2n) is 7.27. The fourth-order valence-electron chi connectivity index (χ4n) is 2.54. The van der Waals surface area contributed by atoms with E-state index in [0.717, 1.165) is 5.56 Å². The fourth-order valence-corrected chi connectivity index (χ4v) is 2.54. The largest absolute Gasteiger partial charge is 0.444 e. The van der Waals surface area contributed by atoms with Crippen LogP contribution in [-0.4, -0.2) is 24.3 Å². The standard InChI is InChI=1S/C18H27FN2O2/c1-12(13-7-9-15(19)10-8-13)21-16(14-5-6-14)11-20-17(22)23-18(2,3)4/h7-10,12,14,16,21H,5-6,11H2,1-4H3,(H,20,22). The van der Waals surface area contributed by atoms with Gasteiger partial charge in [0.15, 0.2) is 0 Å². The Balaban J connectivity index is 1.86. The van der Waals surface area contributed by atoms with Crippen molar-refractivity contribution in [3.8, 4) is 0 Å². The molecule has 1 fully saturated rings. The van der Waals surface area contributed by atoms with Crippen molar-refractivity contribution in [3.05, 3.63) is 35.6 Å². The van der Waals surface area contributed by atoms with E-state index >= 15 is 0 Å². The lowest BCUT2D eigenvalue weighted by atomic mass is 10.1. The minimum absolute atomic E-state index is 0.0987. The summed E-state index contributed by atoms with van der Waals surface area (Å²) in [7, 11) is 0. The highest BCUT2D eigenvalue weighted by Gasteiger charge is 2.32. The summed E-state index contributed by atoms with van der Waals surface area (Å²) in [5.74, 6) is 0.346. The topological polar surface area (TPSA) is 50.4 Å². The van der Waals surface area contributed by atoms with E-state index in [1.807, 2.05) is 20.8 Å². The number of carbonyl (C=O) groups excluding carboxylic acids is 1. The van der Waals surface area contributed by atoms with Crippen molar-refractivity contribution in [3.63, 3.8) is 0 Å². The average Bonchev–Trinajstić information content (AvgIpc) is 3.26. The summed E-state index contributed by atoms with van der Waals surface area (Å²) in [5.41, 5.74) is 0.544. The first-order chi connectivity index (χ1) is 10.7. The molecule has 5 heteroatoms. The highest BCUT2D eigenvalue weighted by Crippen LogP contribution is 2.33. The maximum absolute atomic E-state index is 13.0. The van der Waals surface area contributed by atoms with Gasteiger partial charge in [-0.3, -0.25) is 0 Å². The highest BCUT2D eigenvalue weighted by molar-refractivity contribution is 5.67. The zero-order chi connectivity index (χ0) is 17.0. The molecule has 1 aromatic rings. The monoisotopic (exact) mass is 322 g/mol. The number of nitrogens with one attached hydrogen (secondary N) is 2. The number of amides is 1. The number of hydrogen-bond acceptors (Lipinski definition) is 3. The molecule has 1 aromatic carbocycles. The van der Waals surface area contributed by atoms with Crippen molar-refractivity contribution < 1.29 is 13.9 Å². The Morgan fingerprint density at radius 2 is 1.91 bits per heavy atom. The van der Waals surface area contributed by atoms with Gasteiger partial charge in [0.2, 0.25) is 0 Å². The van der Waals surface area contributed by atoms with Crippen LogP contribution in [-0.2, 0) is 4.74 Å². The van der Waals surface area contributed by atoms with Crippen molar-refractivity contribution in [1.82, 2.24) is 10.6 Å². The molecule has 23 heavy (non-hydrogen) atoms. The van der Waals surface area contributed by atoms with E-state index < -0.39 is 5.60 Å². The normalized spacial score (nSPS) is 17.4. The van der Waals surface area contributed by atoms with Crippen molar-refractivity contribution in [1.29, 1.82) is 0 Å². The first-order valence-electron chi connectivity index (χ1n) is 8.23. The zero-order valence-corrected chi connectivity index (χ0v) is 14.4. The number of rotatable bonds is 6. The third-order valence-electron chi connectivity index (χ3n) is 3.89. The molecule has 1 saturated carbocycles. The summed E-state index contributed by atoms with van der Waals surface area (Å²) in [6.45, 7) is 8.13. The van der Waals surface area contributed by atoms with E-state index in [2.05, 4.69) is 17.6 Å². The maximum Gasteiger partial charge on any atom is 0.407 e. The van der Waals surface area contributed by atoms with E-state index in [-0.39, 0.29) is 24.0 Å². The molecule has 0 heterocycles. The molecular weight excluding hydrogens is 295 g/mol. The van der Waals surface area contributed by atoms with E-state index in [4.69, 9.17) is 4.74 Å². The number of halogens is 1. The SMILES string of the molecule is CC(NC(CNC(=O)OC(C)(C)C)C1CC1)c1ccc(F)cc1. The van der Waals surface area contributed by atoms with Crippen LogP contribution in [0.2, 0.25) is 0 Å². The molecular formula is C18H27FN2O2. The van der Waals surface area contributed by atoms with E-state index in [1.54, 1.807) is 12.1 Å². The molecule has 2 unspecified atom stereocenters. The Hall–Kier alpha value is -1.62. The van der Waals surface area contributed by atoms with Crippen molar-refractivity contribution in [2.75, 3.05) is 6.54 Å². The molecule has 0 aliphatic heterocycles. The number of hydrogen-bond donors (Lipinski definition) is 2. The Bertz CT molecular complexity index is 521. The molecule has 2 rings (SSSR count). The number of alkyl carbamates (subject to hydrolysis) is 1. The van der Waals surface area contributed by atoms with Crippen LogP contribution in [0, 0.1) is 11.7 Å². The van der Waals surface area contributed by atoms with Crippen molar-refractivity contribution >= 4 is 6.09 Å². The van der Waals surface area contributed by atoms with Crippen LogP contribution in [0.3, 0.4) is 0 Å². The molecule has 1 amide bonds. The molecule has 0 bridgehead atoms. The maximum atomic E-state index is 13.0. The molecule has 0 saturated heterocycles. The van der Waals surface area contributed by atoms with E-state index in [9.17, 15) is 9.18 Å². The Morgan fingerprint density at radius 3 is 2.43 bits per heavy atom. The molecule has 4 nitrogen and oxygen atoms in total. The van der Waals surface area contributed by atoms with Crippen LogP contribution < -0.4 is 10.6 Å². The predicted octanol–water partition coefficient (Wildman–Crippen LogP) is 3.78. The minimum atomic E-state index is -0.492. The smallest absolute Gasteiger partial charge is 0.407 e. The average molecular weight is 322 g/mol. The van der Waals surface area contributed by atoms with Gasteiger partial charge in [-0.15, -0.1) is 0 Å². The van der Waals surface area contributed by atoms with Gasteiger partial charge in [0.1, 0.15) is 11.4 Å². The van der Waals surface area contributed by atoms with Crippen LogP contribution in [0.25, 0.3) is 0 Å². The quantitative estimate of drug-likeness (QED) is 0.838. The van der Waals surface area contributed by atoms with Gasteiger partial charge in [0.25, 0.3) is 0 Å². The zero-order valence-electron chi connectivity index (χ0n) is 14.4. The van der Waals surface area contributed by atoms with E-state index in [1.165, 1.54) is 25.0 Å². The lowest BCUT2D eigenvalue weighted by Crippen LogP contribution is -2.44. The highest BCUT2D eigenvalue weighted by atomic mass is 19.1. The number of ether oxygens (including phenoxy) is 1. The first kappa shape index (κ1) is 17.7. The number of carbonyl (C=O) groups is 1. The van der Waals surface area contributed by atoms with Gasteiger partial charge in [-0.1, -0.05) is 12.1 Å². The summed E-state index contributed by atoms with van der Waals surface area (Å²) < 4.78 is 18.3. The molecule has 1 aliphatic rings. The summed E-state index contributed by atoms with van der Waals surface area (Å²) >= 11 is 0. The fraction of sp³-hybridized carbons (Fsp3) is 0.611. The molecule has 2 atom stereocenters. The second kappa shape index (κ2) is 7.30. The molecule has 0 radical (unpaired) electrons. The van der Waals surface area contributed by atoms with Gasteiger partial charge in [0, 0.05) is 18.6 Å². The third-order valence-corrected chi connectivity index (χ3v) is 3.89. The number of benzene rings is 1. The molecule has 0 spiro atoms. The Kier molecular flexibility index (Phi) is 5.63. The molecule has 128 valence electrons. The van der Waals surface area contributed by atoms with Crippen LogP contribution in [0.5, 0.6) is 0 Å². The summed E-state index contributed by atoms with van der Waals surface area (Å²) in [5, 5.41) is 6.38. The summed E-state index contributed by atoms with van der Waals surface area (Å²) in [6.07, 6.45) is 1.95. The lowest BCUT2D eigenvalue weighted by Gasteiger charge is -2.25. The summed E-state index contributed by atoms with van der Waals surface area (Å²) in [6, 6.07) is 6.82. The van der Waals surface area contributed by atoms with Crippen LogP contribution >= 0.6 is 0 Å². The van der Waals surface area contributed by atoms with Gasteiger partial charge in [-0.25, -0.2) is 9.18 Å². The second-order valence-corrected chi connectivity index (χ2v) is 7.27. The Morgan fingerprint density at radius 1 is 1.30 bits per heavy atom. The third kappa shape index (κ3) is 6.18. The molecule has 1 aliphatic carbocycles. The molecule has 0 aromatic heterocycles. The summed E-state index contributed by atoms with van der Waals surface area (Å²) in [4.78, 5) is 11.8. The van der Waals surface area contributed by atoms with Crippen molar-refractivity contribution in [2.45, 2.75) is 58.2 Å². The Labute approximate surface area is 137 Å². The van der Waals surface area contributed by atoms with Crippen LogP contribution in [0.4, 0.5) is 9.18 Å². The minimum Gasteiger partial charge on any atom is -0.444 e. The van der Waals surface area contributed by atoms with Gasteiger partial charge in [-0.05, 0) is 64.2 Å². The van der Waals surface area contributed by atoms with Gasteiger partial charge >= 0.3 is 6.09 Å². The lowest BCUT2D eigenvalue weighted by molar-refractivity contribution is 0.0520. The van der Waals surface area contributed by atoms with Crippen LogP contribution in [0.15, 0.2) is 24.3 Å². The van der Waals surface area contributed by atoms with Gasteiger partial charge in [0.05, 0.1) is 0 Å². The van der Waals surface area contributed by atoms with Crippen molar-refractivity contribution in [2.24, 2.45) is 5.92 Å². The predicted molar refractivity (Wildman–Crippen MR) is 88.7 cm³/mol. The van der Waals surface area contributed by atoms with Gasteiger partial charge < -0.3 is 15.4 Å².